The molecule has 0 radical (unpaired) electrons. The quantitative estimate of drug-likeness (QED) is 0.895. The number of fused-ring (bicyclic) bond motifs is 2. The second-order valence-electron chi connectivity index (χ2n) is 5.93. The van der Waals surface area contributed by atoms with Gasteiger partial charge in [0.25, 0.3) is 0 Å². The predicted octanol–water partition coefficient (Wildman–Crippen LogP) is 2.19. The van der Waals surface area contributed by atoms with Crippen molar-refractivity contribution in [1.82, 2.24) is 4.90 Å². The number of methoxy groups -OCH3 is 2. The molecule has 3 unspecified atom stereocenters. The van der Waals surface area contributed by atoms with Crippen LogP contribution in [0.4, 0.5) is 0 Å². The van der Waals surface area contributed by atoms with E-state index in [2.05, 4.69) is 17.0 Å². The van der Waals surface area contributed by atoms with Crippen LogP contribution in [-0.2, 0) is 0 Å². The Morgan fingerprint density at radius 2 is 1.90 bits per heavy atom. The van der Waals surface area contributed by atoms with Gasteiger partial charge in [0.1, 0.15) is 11.5 Å². The first kappa shape index (κ1) is 13.7. The predicted molar refractivity (Wildman–Crippen MR) is 79.2 cm³/mol. The molecule has 0 amide bonds. The van der Waals surface area contributed by atoms with E-state index in [4.69, 9.17) is 15.2 Å². The molecule has 0 aromatic heterocycles. The summed E-state index contributed by atoms with van der Waals surface area (Å²) in [5.41, 5.74) is 7.28. The zero-order valence-corrected chi connectivity index (χ0v) is 12.3. The fraction of sp³-hybridized carbons (Fsp3) is 0.625. The molecule has 1 saturated heterocycles. The van der Waals surface area contributed by atoms with Crippen LogP contribution in [0.25, 0.3) is 0 Å². The standard InChI is InChI=1S/C16H24N2O2/c1-19-14-6-12(7-15(8-14)20-2)16(9-17)18-10-11-3-4-13(18)5-11/h6-8,11,13,16H,3-5,9-10,17H2,1-2H3. The van der Waals surface area contributed by atoms with Crippen molar-refractivity contribution in [2.24, 2.45) is 11.7 Å². The minimum absolute atomic E-state index is 0.272. The number of rotatable bonds is 5. The van der Waals surface area contributed by atoms with Crippen LogP contribution < -0.4 is 15.2 Å². The molecule has 3 rings (SSSR count). The van der Waals surface area contributed by atoms with E-state index in [1.807, 2.05) is 6.07 Å². The van der Waals surface area contributed by atoms with Crippen molar-refractivity contribution in [3.63, 3.8) is 0 Å². The molecule has 3 atom stereocenters. The molecule has 2 bridgehead atoms. The van der Waals surface area contributed by atoms with E-state index in [-0.39, 0.29) is 6.04 Å². The SMILES string of the molecule is COc1cc(OC)cc(C(CN)N2CC3CCC2C3)c1. The van der Waals surface area contributed by atoms with Crippen LogP contribution in [0, 0.1) is 5.92 Å². The van der Waals surface area contributed by atoms with E-state index in [9.17, 15) is 0 Å². The average molecular weight is 276 g/mol. The van der Waals surface area contributed by atoms with Crippen molar-refractivity contribution in [3.05, 3.63) is 23.8 Å². The molecule has 1 saturated carbocycles. The van der Waals surface area contributed by atoms with Crippen LogP contribution in [0.3, 0.4) is 0 Å². The van der Waals surface area contributed by atoms with Crippen LogP contribution in [0.15, 0.2) is 18.2 Å². The van der Waals surface area contributed by atoms with E-state index in [1.54, 1.807) is 14.2 Å². The summed E-state index contributed by atoms with van der Waals surface area (Å²) in [5, 5.41) is 0. The van der Waals surface area contributed by atoms with Gasteiger partial charge in [-0.1, -0.05) is 0 Å². The van der Waals surface area contributed by atoms with Crippen molar-refractivity contribution in [2.45, 2.75) is 31.3 Å². The molecule has 1 aliphatic heterocycles. The van der Waals surface area contributed by atoms with Gasteiger partial charge in [0.05, 0.1) is 14.2 Å². The molecule has 1 aliphatic carbocycles. The van der Waals surface area contributed by atoms with Gasteiger partial charge in [-0.3, -0.25) is 4.90 Å². The van der Waals surface area contributed by atoms with Crippen molar-refractivity contribution >= 4 is 0 Å². The molecule has 1 aromatic rings. The molecule has 110 valence electrons. The fourth-order valence-electron chi connectivity index (χ4n) is 3.83. The smallest absolute Gasteiger partial charge is 0.122 e. The maximum absolute atomic E-state index is 6.08. The Morgan fingerprint density at radius 3 is 2.35 bits per heavy atom. The average Bonchev–Trinajstić information content (AvgIpc) is 3.10. The maximum Gasteiger partial charge on any atom is 0.122 e. The second kappa shape index (κ2) is 5.62. The monoisotopic (exact) mass is 276 g/mol. The third kappa shape index (κ3) is 2.38. The Labute approximate surface area is 120 Å². The van der Waals surface area contributed by atoms with Gasteiger partial charge in [-0.15, -0.1) is 0 Å². The molecular weight excluding hydrogens is 252 g/mol. The van der Waals surface area contributed by atoms with E-state index in [1.165, 1.54) is 31.4 Å². The number of hydrogen-bond acceptors (Lipinski definition) is 4. The maximum atomic E-state index is 6.08. The van der Waals surface area contributed by atoms with E-state index >= 15 is 0 Å². The number of likely N-dealkylation sites (tertiary alicyclic amines) is 1. The number of benzene rings is 1. The molecule has 0 spiro atoms. The van der Waals surface area contributed by atoms with Crippen LogP contribution in [-0.4, -0.2) is 38.3 Å². The van der Waals surface area contributed by atoms with Gasteiger partial charge in [-0.25, -0.2) is 0 Å². The molecule has 4 heteroatoms. The lowest BCUT2D eigenvalue weighted by Crippen LogP contribution is -2.39. The lowest BCUT2D eigenvalue weighted by Gasteiger charge is -2.34. The largest absolute Gasteiger partial charge is 0.497 e. The summed E-state index contributed by atoms with van der Waals surface area (Å²) in [4.78, 5) is 2.59. The van der Waals surface area contributed by atoms with Crippen molar-refractivity contribution in [2.75, 3.05) is 27.3 Å². The highest BCUT2D eigenvalue weighted by Crippen LogP contribution is 2.42. The number of nitrogens with zero attached hydrogens (tertiary/aromatic N) is 1. The van der Waals surface area contributed by atoms with Crippen LogP contribution in [0.1, 0.15) is 30.9 Å². The number of ether oxygens (including phenoxy) is 2. The van der Waals surface area contributed by atoms with Crippen LogP contribution >= 0.6 is 0 Å². The Morgan fingerprint density at radius 1 is 1.20 bits per heavy atom. The molecule has 1 aromatic carbocycles. The van der Waals surface area contributed by atoms with Gasteiger partial charge in [0.15, 0.2) is 0 Å². The topological polar surface area (TPSA) is 47.7 Å². The summed E-state index contributed by atoms with van der Waals surface area (Å²) in [6, 6.07) is 7.07. The van der Waals surface area contributed by atoms with Gasteiger partial charge in [0, 0.05) is 31.2 Å². The van der Waals surface area contributed by atoms with Gasteiger partial charge < -0.3 is 15.2 Å². The molecule has 2 aliphatic rings. The molecule has 2 N–H and O–H groups in total. The second-order valence-corrected chi connectivity index (χ2v) is 5.93. The highest BCUT2D eigenvalue weighted by atomic mass is 16.5. The summed E-state index contributed by atoms with van der Waals surface area (Å²) in [6.45, 7) is 1.83. The summed E-state index contributed by atoms with van der Waals surface area (Å²) in [7, 11) is 3.38. The highest BCUT2D eigenvalue weighted by Gasteiger charge is 2.41. The molecule has 2 fully saturated rings. The van der Waals surface area contributed by atoms with Gasteiger partial charge in [-0.05, 0) is 42.9 Å². The van der Waals surface area contributed by atoms with Gasteiger partial charge in [-0.2, -0.15) is 0 Å². The Hall–Kier alpha value is -1.26. The van der Waals surface area contributed by atoms with Crippen molar-refractivity contribution < 1.29 is 9.47 Å². The lowest BCUT2D eigenvalue weighted by atomic mass is 10.0. The summed E-state index contributed by atoms with van der Waals surface area (Å²) in [5.74, 6) is 2.55. The summed E-state index contributed by atoms with van der Waals surface area (Å²) in [6.07, 6.45) is 4.06. The number of piperidine rings is 1. The first-order chi connectivity index (χ1) is 9.75. The van der Waals surface area contributed by atoms with Crippen LogP contribution in [0.2, 0.25) is 0 Å². The lowest BCUT2D eigenvalue weighted by molar-refractivity contribution is 0.152. The van der Waals surface area contributed by atoms with E-state index in [0.717, 1.165) is 17.4 Å². The molecule has 1 heterocycles. The Bertz CT molecular complexity index is 455. The third-order valence-electron chi connectivity index (χ3n) is 4.83. The fourth-order valence-corrected chi connectivity index (χ4v) is 3.83. The zero-order chi connectivity index (χ0) is 14.1. The summed E-state index contributed by atoms with van der Waals surface area (Å²) < 4.78 is 10.8. The summed E-state index contributed by atoms with van der Waals surface area (Å²) >= 11 is 0. The number of hydrogen-bond donors (Lipinski definition) is 1. The normalized spacial score (nSPS) is 26.8. The van der Waals surface area contributed by atoms with Crippen molar-refractivity contribution in [3.8, 4) is 11.5 Å². The van der Waals surface area contributed by atoms with E-state index in [0.29, 0.717) is 12.6 Å². The van der Waals surface area contributed by atoms with Crippen molar-refractivity contribution in [1.29, 1.82) is 0 Å². The first-order valence-electron chi connectivity index (χ1n) is 7.44. The molecule has 4 nitrogen and oxygen atoms in total. The van der Waals surface area contributed by atoms with E-state index < -0.39 is 0 Å². The Kier molecular flexibility index (Phi) is 3.85. The minimum Gasteiger partial charge on any atom is -0.497 e. The van der Waals surface area contributed by atoms with Gasteiger partial charge >= 0.3 is 0 Å². The molecule has 20 heavy (non-hydrogen) atoms. The number of nitrogens with two attached hydrogens (primary N) is 1. The third-order valence-corrected chi connectivity index (χ3v) is 4.83. The van der Waals surface area contributed by atoms with Crippen LogP contribution in [0.5, 0.6) is 11.5 Å². The highest BCUT2D eigenvalue weighted by molar-refractivity contribution is 5.40. The minimum atomic E-state index is 0.272. The zero-order valence-electron chi connectivity index (χ0n) is 12.3. The van der Waals surface area contributed by atoms with Gasteiger partial charge in [0.2, 0.25) is 0 Å². The first-order valence-corrected chi connectivity index (χ1v) is 7.44. The Balaban J connectivity index is 1.88. The molecular formula is C16H24N2O2.